The molecule has 0 fully saturated rings. The first-order chi connectivity index (χ1) is 7.24. The van der Waals surface area contributed by atoms with Crippen LogP contribution in [-0.2, 0) is 0 Å². The number of hydrogen-bond acceptors (Lipinski definition) is 4. The number of carboxylic acids is 1. The predicted octanol–water partition coefficient (Wildman–Crippen LogP) is 2.62. The van der Waals surface area contributed by atoms with E-state index in [1.54, 1.807) is 23.9 Å². The van der Waals surface area contributed by atoms with Gasteiger partial charge in [-0.25, -0.2) is 9.78 Å². The molecule has 1 aromatic rings. The number of hydrogen-bond donors (Lipinski definition) is 1. The summed E-state index contributed by atoms with van der Waals surface area (Å²) in [4.78, 5) is 14.6. The molecule has 1 N–H and O–H groups in total. The maximum Gasteiger partial charge on any atom is 0.337 e. The number of carboxylic acid groups (broad SMARTS) is 1. The van der Waals surface area contributed by atoms with Gasteiger partial charge in [0.25, 0.3) is 0 Å². The molecule has 0 aliphatic rings. The number of aromatic nitrogens is 1. The van der Waals surface area contributed by atoms with Crippen molar-refractivity contribution in [2.75, 3.05) is 17.3 Å². The zero-order valence-electron chi connectivity index (χ0n) is 8.47. The number of rotatable bonds is 6. The van der Waals surface area contributed by atoms with Gasteiger partial charge in [-0.15, -0.1) is 11.8 Å². The van der Waals surface area contributed by atoms with Crippen molar-refractivity contribution in [2.45, 2.75) is 11.9 Å². The van der Waals surface area contributed by atoms with Crippen molar-refractivity contribution in [1.29, 1.82) is 0 Å². The molecule has 1 heterocycles. The lowest BCUT2D eigenvalue weighted by atomic mass is 10.3. The van der Waals surface area contributed by atoms with Gasteiger partial charge in [0.2, 0.25) is 0 Å². The highest BCUT2D eigenvalue weighted by molar-refractivity contribution is 8.02. The van der Waals surface area contributed by atoms with Gasteiger partial charge in [0.15, 0.2) is 0 Å². The van der Waals surface area contributed by atoms with Crippen LogP contribution in [0, 0.1) is 0 Å². The molecule has 1 rings (SSSR count). The standard InChI is InChI=1S/C10H13NO2S2/c1-2-14-5-6-15-9-4-3-8(7-11-9)10(12)13/h3-4,7H,2,5-6H2,1H3,(H,12,13). The van der Waals surface area contributed by atoms with Crippen LogP contribution in [-0.4, -0.2) is 33.3 Å². The van der Waals surface area contributed by atoms with E-state index in [1.165, 1.54) is 6.20 Å². The van der Waals surface area contributed by atoms with Crippen molar-refractivity contribution in [3.05, 3.63) is 23.9 Å². The lowest BCUT2D eigenvalue weighted by Crippen LogP contribution is -1.97. The summed E-state index contributed by atoms with van der Waals surface area (Å²) in [6, 6.07) is 3.34. The van der Waals surface area contributed by atoms with E-state index in [-0.39, 0.29) is 5.56 Å². The van der Waals surface area contributed by atoms with Gasteiger partial charge in [-0.05, 0) is 17.9 Å². The Bertz CT molecular complexity index is 314. The minimum Gasteiger partial charge on any atom is -0.478 e. The van der Waals surface area contributed by atoms with E-state index < -0.39 is 5.97 Å². The maximum atomic E-state index is 10.6. The zero-order valence-corrected chi connectivity index (χ0v) is 10.1. The van der Waals surface area contributed by atoms with Crippen LogP contribution in [0.5, 0.6) is 0 Å². The normalized spacial score (nSPS) is 10.2. The molecule has 0 aliphatic carbocycles. The molecule has 0 spiro atoms. The van der Waals surface area contributed by atoms with Crippen molar-refractivity contribution in [2.24, 2.45) is 0 Å². The average Bonchev–Trinajstić information content (AvgIpc) is 2.25. The summed E-state index contributed by atoms with van der Waals surface area (Å²) in [5.74, 6) is 2.31. The Morgan fingerprint density at radius 2 is 2.27 bits per heavy atom. The van der Waals surface area contributed by atoms with E-state index in [4.69, 9.17) is 5.11 Å². The Labute approximate surface area is 97.7 Å². The molecular weight excluding hydrogens is 230 g/mol. The minimum atomic E-state index is -0.930. The molecule has 1 aromatic heterocycles. The fourth-order valence-electron chi connectivity index (χ4n) is 0.942. The first-order valence-electron chi connectivity index (χ1n) is 4.64. The monoisotopic (exact) mass is 243 g/mol. The molecule has 0 saturated carbocycles. The third kappa shape index (κ3) is 4.57. The first-order valence-corrected chi connectivity index (χ1v) is 6.78. The molecule has 0 unspecified atom stereocenters. The molecule has 0 aliphatic heterocycles. The molecule has 0 radical (unpaired) electrons. The molecule has 0 amide bonds. The Balaban J connectivity index is 2.39. The molecule has 82 valence electrons. The molecule has 3 nitrogen and oxygen atoms in total. The smallest absolute Gasteiger partial charge is 0.337 e. The summed E-state index contributed by atoms with van der Waals surface area (Å²) in [7, 11) is 0. The van der Waals surface area contributed by atoms with Crippen LogP contribution in [0.4, 0.5) is 0 Å². The van der Waals surface area contributed by atoms with E-state index in [9.17, 15) is 4.79 Å². The Morgan fingerprint density at radius 1 is 1.47 bits per heavy atom. The molecule has 0 aromatic carbocycles. The average molecular weight is 243 g/mol. The quantitative estimate of drug-likeness (QED) is 0.615. The summed E-state index contributed by atoms with van der Waals surface area (Å²) in [6.07, 6.45) is 1.40. The lowest BCUT2D eigenvalue weighted by Gasteiger charge is -2.00. The van der Waals surface area contributed by atoms with Gasteiger partial charge in [-0.3, -0.25) is 0 Å². The fraction of sp³-hybridized carbons (Fsp3) is 0.400. The van der Waals surface area contributed by atoms with Gasteiger partial charge in [0.05, 0.1) is 10.6 Å². The topological polar surface area (TPSA) is 50.2 Å². The van der Waals surface area contributed by atoms with Crippen LogP contribution in [0.1, 0.15) is 17.3 Å². The van der Waals surface area contributed by atoms with Crippen LogP contribution in [0.25, 0.3) is 0 Å². The van der Waals surface area contributed by atoms with Crippen molar-refractivity contribution in [3.8, 4) is 0 Å². The number of nitrogens with zero attached hydrogens (tertiary/aromatic N) is 1. The number of carbonyl (C=O) groups is 1. The second-order valence-electron chi connectivity index (χ2n) is 2.74. The van der Waals surface area contributed by atoms with Gasteiger partial charge in [0, 0.05) is 17.7 Å². The van der Waals surface area contributed by atoms with Crippen molar-refractivity contribution in [3.63, 3.8) is 0 Å². The van der Waals surface area contributed by atoms with E-state index in [1.807, 2.05) is 11.8 Å². The van der Waals surface area contributed by atoms with E-state index in [2.05, 4.69) is 11.9 Å². The molecule has 0 bridgehead atoms. The highest BCUT2D eigenvalue weighted by Gasteiger charge is 2.02. The van der Waals surface area contributed by atoms with Gasteiger partial charge < -0.3 is 5.11 Å². The van der Waals surface area contributed by atoms with Gasteiger partial charge >= 0.3 is 5.97 Å². The van der Waals surface area contributed by atoms with Crippen LogP contribution in [0.15, 0.2) is 23.4 Å². The summed E-state index contributed by atoms with van der Waals surface area (Å²) < 4.78 is 0. The molecule has 0 atom stereocenters. The first kappa shape index (κ1) is 12.4. The number of aromatic carboxylic acids is 1. The second kappa shape index (κ2) is 6.74. The van der Waals surface area contributed by atoms with Crippen molar-refractivity contribution < 1.29 is 9.90 Å². The third-order valence-corrected chi connectivity index (χ3v) is 3.77. The summed E-state index contributed by atoms with van der Waals surface area (Å²) in [5.41, 5.74) is 0.238. The molecule has 15 heavy (non-hydrogen) atoms. The van der Waals surface area contributed by atoms with Gasteiger partial charge in [0.1, 0.15) is 0 Å². The largest absolute Gasteiger partial charge is 0.478 e. The maximum absolute atomic E-state index is 10.6. The number of pyridine rings is 1. The van der Waals surface area contributed by atoms with Crippen molar-refractivity contribution in [1.82, 2.24) is 4.98 Å². The van der Waals surface area contributed by atoms with Crippen LogP contribution < -0.4 is 0 Å². The van der Waals surface area contributed by atoms with Gasteiger partial charge in [-0.1, -0.05) is 6.92 Å². The molecular formula is C10H13NO2S2. The Kier molecular flexibility index (Phi) is 5.57. The Morgan fingerprint density at radius 3 is 2.80 bits per heavy atom. The van der Waals surface area contributed by atoms with Crippen molar-refractivity contribution >= 4 is 29.5 Å². The van der Waals surface area contributed by atoms with Gasteiger partial charge in [-0.2, -0.15) is 11.8 Å². The summed E-state index contributed by atoms with van der Waals surface area (Å²) >= 11 is 3.55. The highest BCUT2D eigenvalue weighted by Crippen LogP contribution is 2.16. The highest BCUT2D eigenvalue weighted by atomic mass is 32.2. The predicted molar refractivity (Wildman–Crippen MR) is 64.9 cm³/mol. The SMILES string of the molecule is CCSCCSc1ccc(C(=O)O)cn1. The van der Waals surface area contributed by atoms with Crippen LogP contribution >= 0.6 is 23.5 Å². The number of thioether (sulfide) groups is 2. The summed E-state index contributed by atoms with van der Waals surface area (Å²) in [6.45, 7) is 2.13. The molecule has 0 saturated heterocycles. The third-order valence-electron chi connectivity index (χ3n) is 1.67. The Hall–Kier alpha value is -0.680. The van der Waals surface area contributed by atoms with E-state index in [0.717, 1.165) is 22.3 Å². The zero-order chi connectivity index (χ0) is 11.1. The fourth-order valence-corrected chi connectivity index (χ4v) is 2.54. The van der Waals surface area contributed by atoms with Crippen LogP contribution in [0.3, 0.4) is 0 Å². The van der Waals surface area contributed by atoms with E-state index in [0.29, 0.717) is 0 Å². The summed E-state index contributed by atoms with van der Waals surface area (Å²) in [5, 5.41) is 9.56. The second-order valence-corrected chi connectivity index (χ2v) is 5.24. The minimum absolute atomic E-state index is 0.238. The molecule has 5 heteroatoms. The van der Waals surface area contributed by atoms with E-state index >= 15 is 0 Å². The lowest BCUT2D eigenvalue weighted by molar-refractivity contribution is 0.0696. The van der Waals surface area contributed by atoms with Crippen LogP contribution in [0.2, 0.25) is 0 Å².